The second kappa shape index (κ2) is 10.0. The van der Waals surface area contributed by atoms with E-state index in [2.05, 4.69) is 22.6 Å². The lowest BCUT2D eigenvalue weighted by Crippen LogP contribution is -2.60. The van der Waals surface area contributed by atoms with Gasteiger partial charge in [-0.15, -0.1) is 0 Å². The van der Waals surface area contributed by atoms with Crippen LogP contribution < -0.4 is 4.74 Å². The zero-order chi connectivity index (χ0) is 20.0. The Bertz CT molecular complexity index is 723. The Morgan fingerprint density at radius 2 is 1.79 bits per heavy atom. The Kier molecular flexibility index (Phi) is 7.70. The Morgan fingerprint density at radius 1 is 1.07 bits per heavy atom. The van der Waals surface area contributed by atoms with Crippen LogP contribution in [-0.2, 0) is 27.2 Å². The molecule has 152 valence electrons. The predicted octanol–water partition coefficient (Wildman–Crippen LogP) is 3.75. The number of hydrogen-bond donors (Lipinski definition) is 1. The van der Waals surface area contributed by atoms with E-state index in [1.165, 1.54) is 0 Å². The van der Waals surface area contributed by atoms with E-state index in [4.69, 9.17) is 18.9 Å². The van der Waals surface area contributed by atoms with Crippen LogP contribution in [0.4, 0.5) is 0 Å². The van der Waals surface area contributed by atoms with Gasteiger partial charge < -0.3 is 24.1 Å². The summed E-state index contributed by atoms with van der Waals surface area (Å²) in [7, 11) is 3.25. The number of halogens is 1. The van der Waals surface area contributed by atoms with Gasteiger partial charge in [0.15, 0.2) is 6.29 Å². The molecule has 1 unspecified atom stereocenters. The van der Waals surface area contributed by atoms with E-state index in [0.29, 0.717) is 23.9 Å². The van der Waals surface area contributed by atoms with Crippen molar-refractivity contribution in [1.82, 2.24) is 0 Å². The van der Waals surface area contributed by atoms with Gasteiger partial charge in [-0.3, -0.25) is 0 Å². The molecule has 5 nitrogen and oxygen atoms in total. The molecule has 1 saturated heterocycles. The molecule has 2 aromatic carbocycles. The molecule has 0 amide bonds. The molecule has 0 saturated carbocycles. The van der Waals surface area contributed by atoms with E-state index in [1.807, 2.05) is 54.6 Å². The van der Waals surface area contributed by atoms with Crippen LogP contribution in [0.2, 0.25) is 0 Å². The highest BCUT2D eigenvalue weighted by molar-refractivity contribution is 14.1. The van der Waals surface area contributed by atoms with Crippen LogP contribution in [0.5, 0.6) is 5.75 Å². The van der Waals surface area contributed by atoms with Crippen molar-refractivity contribution in [3.05, 3.63) is 65.7 Å². The second-order valence-corrected chi connectivity index (χ2v) is 7.92. The van der Waals surface area contributed by atoms with Crippen LogP contribution in [0.25, 0.3) is 0 Å². The molecule has 0 aliphatic carbocycles. The van der Waals surface area contributed by atoms with Crippen LogP contribution in [0.3, 0.4) is 0 Å². The number of methoxy groups -OCH3 is 2. The SMILES string of the molecule is COc1ccc(CO[C@@H]2[C@@H](CI)OC(OC)C[C@]2(O)Cc2ccccc2)cc1. The van der Waals surface area contributed by atoms with Crippen molar-refractivity contribution in [3.63, 3.8) is 0 Å². The Balaban J connectivity index is 1.79. The molecule has 0 radical (unpaired) electrons. The van der Waals surface area contributed by atoms with E-state index in [-0.39, 0.29) is 6.10 Å². The number of alkyl halides is 1. The normalized spacial score (nSPS) is 27.5. The Hall–Kier alpha value is -1.19. The van der Waals surface area contributed by atoms with Crippen molar-refractivity contribution in [2.45, 2.75) is 43.5 Å². The molecule has 1 aliphatic heterocycles. The molecule has 0 aromatic heterocycles. The largest absolute Gasteiger partial charge is 0.497 e. The molecule has 0 bridgehead atoms. The van der Waals surface area contributed by atoms with Crippen LogP contribution in [0, 0.1) is 0 Å². The average molecular weight is 498 g/mol. The maximum Gasteiger partial charge on any atom is 0.160 e. The molecule has 6 heteroatoms. The van der Waals surface area contributed by atoms with Gasteiger partial charge >= 0.3 is 0 Å². The highest BCUT2D eigenvalue weighted by Crippen LogP contribution is 2.36. The Morgan fingerprint density at radius 3 is 2.39 bits per heavy atom. The lowest BCUT2D eigenvalue weighted by atomic mass is 9.81. The first kappa shape index (κ1) is 21.5. The molecule has 2 aromatic rings. The molecule has 3 rings (SSSR count). The maximum absolute atomic E-state index is 11.6. The summed E-state index contributed by atoms with van der Waals surface area (Å²) in [6.45, 7) is 0.389. The standard InChI is InChI=1S/C22H27IO5/c1-25-18-10-8-17(9-11-18)15-27-21-19(14-23)28-20(26-2)13-22(21,24)12-16-6-4-3-5-7-16/h3-11,19-21,24H,12-15H2,1-2H3/t19-,20?,21-,22-/m1/s1. The molecule has 0 spiro atoms. The third-order valence-corrected chi connectivity index (χ3v) is 5.94. The number of rotatable bonds is 8. The third-order valence-electron chi connectivity index (χ3n) is 5.07. The van der Waals surface area contributed by atoms with Crippen LogP contribution >= 0.6 is 22.6 Å². The minimum Gasteiger partial charge on any atom is -0.497 e. The molecule has 1 aliphatic rings. The topological polar surface area (TPSA) is 57.2 Å². The van der Waals surface area contributed by atoms with Crippen LogP contribution in [-0.4, -0.2) is 47.9 Å². The lowest BCUT2D eigenvalue weighted by Gasteiger charge is -2.46. The van der Waals surface area contributed by atoms with Gasteiger partial charge in [-0.2, -0.15) is 0 Å². The van der Waals surface area contributed by atoms with Crippen molar-refractivity contribution in [2.24, 2.45) is 0 Å². The van der Waals surface area contributed by atoms with Crippen molar-refractivity contribution in [2.75, 3.05) is 18.6 Å². The number of aliphatic hydroxyl groups is 1. The van der Waals surface area contributed by atoms with Crippen molar-refractivity contribution >= 4 is 22.6 Å². The monoisotopic (exact) mass is 498 g/mol. The van der Waals surface area contributed by atoms with Crippen molar-refractivity contribution < 1.29 is 24.1 Å². The molecule has 1 fully saturated rings. The first-order chi connectivity index (χ1) is 13.6. The van der Waals surface area contributed by atoms with Gasteiger partial charge in [0.1, 0.15) is 17.5 Å². The predicted molar refractivity (Wildman–Crippen MR) is 116 cm³/mol. The first-order valence-corrected chi connectivity index (χ1v) is 10.9. The molecule has 1 N–H and O–H groups in total. The summed E-state index contributed by atoms with van der Waals surface area (Å²) >= 11 is 2.27. The van der Waals surface area contributed by atoms with Gasteiger partial charge in [-0.25, -0.2) is 0 Å². The van der Waals surface area contributed by atoms with E-state index in [1.54, 1.807) is 14.2 Å². The summed E-state index contributed by atoms with van der Waals surface area (Å²) in [5, 5.41) is 11.6. The van der Waals surface area contributed by atoms with E-state index in [9.17, 15) is 5.11 Å². The first-order valence-electron chi connectivity index (χ1n) is 9.33. The Labute approximate surface area is 180 Å². The molecular weight excluding hydrogens is 471 g/mol. The fraction of sp³-hybridized carbons (Fsp3) is 0.455. The highest BCUT2D eigenvalue weighted by Gasteiger charge is 2.49. The zero-order valence-corrected chi connectivity index (χ0v) is 18.4. The van der Waals surface area contributed by atoms with Gasteiger partial charge in [0.25, 0.3) is 0 Å². The maximum atomic E-state index is 11.6. The molecule has 1 heterocycles. The van der Waals surface area contributed by atoms with E-state index < -0.39 is 18.0 Å². The van der Waals surface area contributed by atoms with Gasteiger partial charge in [0.05, 0.1) is 19.8 Å². The van der Waals surface area contributed by atoms with Crippen LogP contribution in [0.1, 0.15) is 17.5 Å². The lowest BCUT2D eigenvalue weighted by molar-refractivity contribution is -0.279. The summed E-state index contributed by atoms with van der Waals surface area (Å²) in [4.78, 5) is 0. The van der Waals surface area contributed by atoms with Gasteiger partial charge in [-0.05, 0) is 23.3 Å². The fourth-order valence-corrected chi connectivity index (χ4v) is 4.28. The van der Waals surface area contributed by atoms with Crippen LogP contribution in [0.15, 0.2) is 54.6 Å². The molecular formula is C22H27IO5. The number of benzene rings is 2. The summed E-state index contributed by atoms with van der Waals surface area (Å²) in [5.41, 5.74) is 0.999. The summed E-state index contributed by atoms with van der Waals surface area (Å²) in [6.07, 6.45) is -0.324. The quantitative estimate of drug-likeness (QED) is 0.444. The number of ether oxygens (including phenoxy) is 4. The zero-order valence-electron chi connectivity index (χ0n) is 16.2. The van der Waals surface area contributed by atoms with Gasteiger partial charge in [0, 0.05) is 24.4 Å². The van der Waals surface area contributed by atoms with Crippen molar-refractivity contribution in [1.29, 1.82) is 0 Å². The average Bonchev–Trinajstić information content (AvgIpc) is 2.73. The van der Waals surface area contributed by atoms with Gasteiger partial charge in [0.2, 0.25) is 0 Å². The minimum absolute atomic E-state index is 0.258. The molecule has 4 atom stereocenters. The second-order valence-electron chi connectivity index (χ2n) is 7.04. The third kappa shape index (κ3) is 5.24. The highest BCUT2D eigenvalue weighted by atomic mass is 127. The summed E-state index contributed by atoms with van der Waals surface area (Å²) in [5.74, 6) is 0.804. The smallest absolute Gasteiger partial charge is 0.160 e. The summed E-state index contributed by atoms with van der Waals surface area (Å²) < 4.78 is 23.6. The number of hydrogen-bond acceptors (Lipinski definition) is 5. The summed E-state index contributed by atoms with van der Waals surface area (Å²) in [6, 6.07) is 17.7. The minimum atomic E-state index is -1.08. The van der Waals surface area contributed by atoms with Gasteiger partial charge in [-0.1, -0.05) is 65.1 Å². The molecule has 28 heavy (non-hydrogen) atoms. The van der Waals surface area contributed by atoms with E-state index >= 15 is 0 Å². The van der Waals surface area contributed by atoms with E-state index in [0.717, 1.165) is 16.9 Å². The fourth-order valence-electron chi connectivity index (χ4n) is 3.61. The van der Waals surface area contributed by atoms with Crippen molar-refractivity contribution in [3.8, 4) is 5.75 Å².